The lowest BCUT2D eigenvalue weighted by Crippen LogP contribution is -2.69. The number of carbonyl (C=O) groups is 1. The molecule has 1 aromatic carbocycles. The summed E-state index contributed by atoms with van der Waals surface area (Å²) in [4.78, 5) is 18.4. The van der Waals surface area contributed by atoms with E-state index in [9.17, 15) is 9.90 Å². The second-order valence-corrected chi connectivity index (χ2v) is 12.8. The first kappa shape index (κ1) is 27.9. The second-order valence-electron chi connectivity index (χ2n) is 12.8. The summed E-state index contributed by atoms with van der Waals surface area (Å²) >= 11 is 0. The zero-order chi connectivity index (χ0) is 27.9. The number of allylic oxidation sites excluding steroid dienone is 1. The maximum Gasteiger partial charge on any atom is 0.244 e. The molecule has 2 bridgehead atoms. The van der Waals surface area contributed by atoms with Crippen LogP contribution in [0.15, 0.2) is 36.4 Å². The third-order valence-corrected chi connectivity index (χ3v) is 9.83. The fourth-order valence-electron chi connectivity index (χ4n) is 7.31. The Morgan fingerprint density at radius 2 is 1.82 bits per heavy atom. The Hall–Kier alpha value is -2.21. The molecule has 0 aliphatic carbocycles. The van der Waals surface area contributed by atoms with Crippen molar-refractivity contribution in [3.8, 4) is 0 Å². The topological polar surface area (TPSA) is 98.4 Å². The van der Waals surface area contributed by atoms with Crippen LogP contribution in [0.1, 0.15) is 51.9 Å². The predicted molar refractivity (Wildman–Crippen MR) is 158 cm³/mol. The van der Waals surface area contributed by atoms with Crippen molar-refractivity contribution in [2.75, 3.05) is 50.5 Å². The van der Waals surface area contributed by atoms with Crippen LogP contribution in [0.25, 0.3) is 0 Å². The Balaban J connectivity index is 1.13. The van der Waals surface area contributed by atoms with Gasteiger partial charge in [0.05, 0.1) is 30.4 Å². The average Bonchev–Trinajstić information content (AvgIpc) is 3.23. The summed E-state index contributed by atoms with van der Waals surface area (Å²) in [6, 6.07) is 9.42. The van der Waals surface area contributed by atoms with E-state index in [2.05, 4.69) is 86.6 Å². The van der Waals surface area contributed by atoms with Gasteiger partial charge in [0.25, 0.3) is 0 Å². The highest BCUT2D eigenvalue weighted by atomic mass is 16.3. The number of fused-ring (bicyclic) bond motifs is 6. The average molecular weight is 553 g/mol. The Kier molecular flexibility index (Phi) is 8.09. The van der Waals surface area contributed by atoms with Gasteiger partial charge in [-0.15, -0.1) is 0 Å². The maximum absolute atomic E-state index is 13.6. The quantitative estimate of drug-likeness (QED) is 0.358. The third kappa shape index (κ3) is 5.62. The molecular weight excluding hydrogens is 504 g/mol. The molecule has 6 atom stereocenters. The van der Waals surface area contributed by atoms with Crippen LogP contribution in [0.3, 0.4) is 0 Å². The van der Waals surface area contributed by atoms with E-state index in [0.29, 0.717) is 19.1 Å². The van der Waals surface area contributed by atoms with E-state index >= 15 is 0 Å². The summed E-state index contributed by atoms with van der Waals surface area (Å²) in [5.41, 5.74) is 1.54. The molecule has 1 amide bonds. The first-order valence-electron chi connectivity index (χ1n) is 15.3. The molecule has 10 heteroatoms. The Labute approximate surface area is 239 Å². The molecular formula is C30H48N8O2. The number of hydrazine groups is 1. The highest BCUT2D eigenvalue weighted by Gasteiger charge is 2.52. The van der Waals surface area contributed by atoms with E-state index in [4.69, 9.17) is 0 Å². The van der Waals surface area contributed by atoms with Crippen LogP contribution < -0.4 is 26.2 Å². The minimum absolute atomic E-state index is 0.00200. The second kappa shape index (κ2) is 11.6. The number of rotatable bonds is 4. The minimum atomic E-state index is -0.776. The van der Waals surface area contributed by atoms with E-state index in [1.54, 1.807) is 0 Å². The lowest BCUT2D eigenvalue weighted by atomic mass is 9.85. The number of carbonyl (C=O) groups excluding carboxylic acids is 1. The summed E-state index contributed by atoms with van der Waals surface area (Å²) in [5.74, 6) is -0.00466. The highest BCUT2D eigenvalue weighted by molar-refractivity contribution is 5.82. The van der Waals surface area contributed by atoms with Crippen molar-refractivity contribution in [3.63, 3.8) is 0 Å². The van der Waals surface area contributed by atoms with Crippen molar-refractivity contribution in [2.45, 2.75) is 88.2 Å². The summed E-state index contributed by atoms with van der Waals surface area (Å²) in [7, 11) is 4.36. The smallest absolute Gasteiger partial charge is 0.244 e. The molecule has 40 heavy (non-hydrogen) atoms. The number of hydrogen-bond acceptors (Lipinski definition) is 9. The molecule has 4 fully saturated rings. The molecule has 1 aromatic rings. The third-order valence-electron chi connectivity index (χ3n) is 9.83. The lowest BCUT2D eigenvalue weighted by molar-refractivity contribution is -0.146. The monoisotopic (exact) mass is 552 g/mol. The van der Waals surface area contributed by atoms with Crippen LogP contribution in [-0.2, 0) is 4.79 Å². The van der Waals surface area contributed by atoms with Crippen molar-refractivity contribution >= 4 is 17.3 Å². The van der Waals surface area contributed by atoms with Gasteiger partial charge < -0.3 is 20.2 Å². The van der Waals surface area contributed by atoms with Gasteiger partial charge in [-0.3, -0.25) is 25.8 Å². The Morgan fingerprint density at radius 1 is 1.05 bits per heavy atom. The fourth-order valence-corrected chi connectivity index (χ4v) is 7.31. The van der Waals surface area contributed by atoms with Crippen LogP contribution in [0.4, 0.5) is 11.4 Å². The number of amides is 1. The van der Waals surface area contributed by atoms with Crippen molar-refractivity contribution < 1.29 is 9.90 Å². The molecule has 10 nitrogen and oxygen atoms in total. The normalized spacial score (nSPS) is 36.6. The van der Waals surface area contributed by atoms with Crippen LogP contribution in [0, 0.1) is 5.92 Å². The zero-order valence-electron chi connectivity index (χ0n) is 24.4. The Bertz CT molecular complexity index is 1050. The van der Waals surface area contributed by atoms with E-state index in [1.807, 2.05) is 11.9 Å². The van der Waals surface area contributed by atoms with Gasteiger partial charge in [0.2, 0.25) is 5.91 Å². The molecule has 5 unspecified atom stereocenters. The van der Waals surface area contributed by atoms with Crippen LogP contribution in [-0.4, -0.2) is 103 Å². The van der Waals surface area contributed by atoms with E-state index < -0.39 is 5.60 Å². The Morgan fingerprint density at radius 3 is 2.58 bits per heavy atom. The van der Waals surface area contributed by atoms with Gasteiger partial charge in [0, 0.05) is 43.1 Å². The number of piperidine rings is 2. The first-order valence-corrected chi connectivity index (χ1v) is 15.3. The molecule has 6 rings (SSSR count). The van der Waals surface area contributed by atoms with Crippen molar-refractivity contribution in [2.24, 2.45) is 5.92 Å². The van der Waals surface area contributed by atoms with Crippen LogP contribution in [0.5, 0.6) is 0 Å². The molecule has 5 heterocycles. The van der Waals surface area contributed by atoms with Gasteiger partial charge in [0.15, 0.2) is 0 Å². The molecule has 0 spiro atoms. The standard InChI is InChI=1S/C30H48N8O2/c1-30(40)16-5-4-6-17-37-28(39)24-20-31-29(34-27(24)38(37)26-9-7-8-25(30)33-26)32-21-10-12-23(13-11-21)36-18-14-22(15-19-36)35(2)3/h4,6,10-13,22,24-27,29,31-34,40H,5,7-9,14-20H2,1-3H3/b6-4-/t24?,25?,26?,27?,29?,30-/m0/s1. The molecule has 0 aromatic heterocycles. The largest absolute Gasteiger partial charge is 0.389 e. The minimum Gasteiger partial charge on any atom is -0.389 e. The van der Waals surface area contributed by atoms with Gasteiger partial charge in [-0.1, -0.05) is 12.2 Å². The molecule has 5 aliphatic heterocycles. The highest BCUT2D eigenvalue weighted by Crippen LogP contribution is 2.34. The first-order chi connectivity index (χ1) is 19.3. The number of nitrogens with one attached hydrogen (secondary N) is 4. The van der Waals surface area contributed by atoms with Crippen molar-refractivity contribution in [1.82, 2.24) is 30.9 Å². The summed E-state index contributed by atoms with van der Waals surface area (Å²) in [5, 5.41) is 30.0. The number of nitrogens with zero attached hydrogens (tertiary/aromatic N) is 4. The van der Waals surface area contributed by atoms with Crippen LogP contribution >= 0.6 is 0 Å². The summed E-state index contributed by atoms with van der Waals surface area (Å²) in [6.45, 7) is 5.30. The van der Waals surface area contributed by atoms with E-state index in [1.165, 1.54) is 18.5 Å². The van der Waals surface area contributed by atoms with Gasteiger partial charge in [-0.2, -0.15) is 5.01 Å². The van der Waals surface area contributed by atoms with Crippen molar-refractivity contribution in [3.05, 3.63) is 36.4 Å². The predicted octanol–water partition coefficient (Wildman–Crippen LogP) is 1.68. The number of aliphatic hydroxyl groups is 1. The van der Waals surface area contributed by atoms with Crippen LogP contribution in [0.2, 0.25) is 0 Å². The molecule has 220 valence electrons. The van der Waals surface area contributed by atoms with Gasteiger partial charge in [0.1, 0.15) is 6.29 Å². The van der Waals surface area contributed by atoms with Gasteiger partial charge >= 0.3 is 0 Å². The van der Waals surface area contributed by atoms with E-state index in [0.717, 1.165) is 50.9 Å². The molecule has 5 aliphatic rings. The molecule has 0 radical (unpaired) electrons. The van der Waals surface area contributed by atoms with Gasteiger partial charge in [-0.05, 0) is 90.2 Å². The van der Waals surface area contributed by atoms with E-state index in [-0.39, 0.29) is 36.5 Å². The summed E-state index contributed by atoms with van der Waals surface area (Å²) < 4.78 is 0. The zero-order valence-corrected chi connectivity index (χ0v) is 24.4. The number of anilines is 2. The summed E-state index contributed by atoms with van der Waals surface area (Å²) in [6.07, 6.45) is 10.8. The number of hydrogen-bond donors (Lipinski definition) is 5. The number of benzene rings is 1. The van der Waals surface area contributed by atoms with Gasteiger partial charge in [-0.25, -0.2) is 0 Å². The van der Waals surface area contributed by atoms with Crippen molar-refractivity contribution in [1.29, 1.82) is 0 Å². The molecule has 5 N–H and O–H groups in total. The lowest BCUT2D eigenvalue weighted by Gasteiger charge is -2.47. The SMILES string of the molecule is CN(C)C1CCN(c2ccc(NC3NCC4C(=O)N5C/C=C\CC[C@](C)(O)C6CCCC(N6)N5C4N3)cc2)CC1. The fraction of sp³-hybridized carbons (Fsp3) is 0.700. The molecule has 0 saturated carbocycles. The maximum atomic E-state index is 13.6. The molecule has 4 saturated heterocycles.